The third kappa shape index (κ3) is 4.57. The zero-order valence-corrected chi connectivity index (χ0v) is 17.4. The molecule has 1 aliphatic heterocycles. The molecule has 0 spiro atoms. The lowest BCUT2D eigenvalue weighted by Crippen LogP contribution is -2.33. The molecule has 0 atom stereocenters. The van der Waals surface area contributed by atoms with E-state index in [9.17, 15) is 5.11 Å². The number of hydrogen-bond donors (Lipinski definition) is 2. The van der Waals surface area contributed by atoms with Crippen LogP contribution in [0.1, 0.15) is 25.0 Å². The number of aromatic hydroxyl groups is 1. The van der Waals surface area contributed by atoms with Crippen molar-refractivity contribution in [3.63, 3.8) is 0 Å². The number of benzene rings is 2. The van der Waals surface area contributed by atoms with E-state index in [1.807, 2.05) is 43.3 Å². The van der Waals surface area contributed by atoms with Crippen LogP contribution in [0.4, 0.5) is 0 Å². The Morgan fingerprint density at radius 3 is 2.59 bits per heavy atom. The molecule has 0 radical (unpaired) electrons. The predicted octanol–water partition coefficient (Wildman–Crippen LogP) is 5.28. The SMILES string of the molecule is Cc1[nH]nc(-c2ccc(OCCN3CCCCC3)cc2O)c1-c1ccc(Cl)cc1. The molecular weight excluding hydrogens is 386 g/mol. The second-order valence-corrected chi connectivity index (χ2v) is 7.95. The summed E-state index contributed by atoms with van der Waals surface area (Å²) in [5.74, 6) is 0.825. The van der Waals surface area contributed by atoms with Crippen LogP contribution < -0.4 is 4.74 Å². The van der Waals surface area contributed by atoms with Gasteiger partial charge in [0.2, 0.25) is 0 Å². The Kier molecular flexibility index (Phi) is 6.07. The Morgan fingerprint density at radius 1 is 1.10 bits per heavy atom. The molecule has 1 saturated heterocycles. The van der Waals surface area contributed by atoms with Crippen LogP contribution in [0, 0.1) is 6.92 Å². The summed E-state index contributed by atoms with van der Waals surface area (Å²) >= 11 is 6.02. The number of aromatic amines is 1. The Balaban J connectivity index is 1.50. The van der Waals surface area contributed by atoms with Crippen LogP contribution in [-0.2, 0) is 0 Å². The number of phenols is 1. The van der Waals surface area contributed by atoms with E-state index in [0.29, 0.717) is 28.6 Å². The summed E-state index contributed by atoms with van der Waals surface area (Å²) in [5, 5.41) is 18.8. The molecule has 1 aromatic heterocycles. The van der Waals surface area contributed by atoms with Crippen LogP contribution in [0.15, 0.2) is 42.5 Å². The minimum atomic E-state index is 0.155. The van der Waals surface area contributed by atoms with Crippen LogP contribution in [0.25, 0.3) is 22.4 Å². The van der Waals surface area contributed by atoms with Gasteiger partial charge in [0.05, 0.1) is 0 Å². The predicted molar refractivity (Wildman–Crippen MR) is 117 cm³/mol. The number of nitrogens with zero attached hydrogens (tertiary/aromatic N) is 2. The molecular formula is C23H26ClN3O2. The second kappa shape index (κ2) is 8.89. The van der Waals surface area contributed by atoms with Crippen LogP contribution in [0.3, 0.4) is 0 Å². The molecule has 0 amide bonds. The molecule has 1 aliphatic rings. The summed E-state index contributed by atoms with van der Waals surface area (Å²) in [7, 11) is 0. The van der Waals surface area contributed by atoms with E-state index in [0.717, 1.165) is 36.5 Å². The number of nitrogens with one attached hydrogen (secondary N) is 1. The average molecular weight is 412 g/mol. The summed E-state index contributed by atoms with van der Waals surface area (Å²) in [6.45, 7) is 5.81. The van der Waals surface area contributed by atoms with Gasteiger partial charge in [-0.15, -0.1) is 0 Å². The minimum absolute atomic E-state index is 0.155. The lowest BCUT2D eigenvalue weighted by molar-refractivity contribution is 0.183. The topological polar surface area (TPSA) is 61.4 Å². The van der Waals surface area contributed by atoms with E-state index in [-0.39, 0.29) is 5.75 Å². The van der Waals surface area contributed by atoms with E-state index >= 15 is 0 Å². The molecule has 152 valence electrons. The third-order valence-corrected chi connectivity index (χ3v) is 5.68. The lowest BCUT2D eigenvalue weighted by atomic mass is 9.99. The molecule has 0 saturated carbocycles. The van der Waals surface area contributed by atoms with Crippen molar-refractivity contribution in [1.29, 1.82) is 0 Å². The number of hydrogen-bond acceptors (Lipinski definition) is 4. The molecule has 3 aromatic rings. The van der Waals surface area contributed by atoms with Crippen molar-refractivity contribution in [2.45, 2.75) is 26.2 Å². The molecule has 6 heteroatoms. The molecule has 2 aromatic carbocycles. The first-order valence-electron chi connectivity index (χ1n) is 10.1. The highest BCUT2D eigenvalue weighted by molar-refractivity contribution is 6.30. The van der Waals surface area contributed by atoms with E-state index in [1.165, 1.54) is 19.3 Å². The van der Waals surface area contributed by atoms with Gasteiger partial charge in [-0.25, -0.2) is 0 Å². The van der Waals surface area contributed by atoms with Gasteiger partial charge < -0.3 is 9.84 Å². The van der Waals surface area contributed by atoms with Gasteiger partial charge in [0, 0.05) is 34.5 Å². The van der Waals surface area contributed by atoms with Crippen molar-refractivity contribution in [2.75, 3.05) is 26.2 Å². The quantitative estimate of drug-likeness (QED) is 0.579. The molecule has 0 unspecified atom stereocenters. The number of phenolic OH excluding ortho intramolecular Hbond substituents is 1. The fourth-order valence-electron chi connectivity index (χ4n) is 3.87. The number of likely N-dealkylation sites (tertiary alicyclic amines) is 1. The van der Waals surface area contributed by atoms with Gasteiger partial charge in [-0.2, -0.15) is 5.10 Å². The first kappa shape index (κ1) is 19.8. The van der Waals surface area contributed by atoms with E-state index in [1.54, 1.807) is 6.07 Å². The minimum Gasteiger partial charge on any atom is -0.507 e. The second-order valence-electron chi connectivity index (χ2n) is 7.51. The van der Waals surface area contributed by atoms with Crippen LogP contribution >= 0.6 is 11.6 Å². The van der Waals surface area contributed by atoms with Crippen molar-refractivity contribution >= 4 is 11.6 Å². The normalized spacial score (nSPS) is 14.8. The number of piperidine rings is 1. The van der Waals surface area contributed by atoms with Crippen molar-refractivity contribution < 1.29 is 9.84 Å². The van der Waals surface area contributed by atoms with Gasteiger partial charge in [-0.05, 0) is 62.7 Å². The number of H-pyrrole nitrogens is 1. The molecule has 2 N–H and O–H groups in total. The highest BCUT2D eigenvalue weighted by Gasteiger charge is 2.18. The van der Waals surface area contributed by atoms with Crippen LogP contribution in [0.2, 0.25) is 5.02 Å². The fourth-order valence-corrected chi connectivity index (χ4v) is 4.00. The molecule has 0 aliphatic carbocycles. The fraction of sp³-hybridized carbons (Fsp3) is 0.348. The summed E-state index contributed by atoms with van der Waals surface area (Å²) in [4.78, 5) is 2.43. The number of ether oxygens (including phenoxy) is 1. The van der Waals surface area contributed by atoms with Crippen LogP contribution in [0.5, 0.6) is 11.5 Å². The first-order valence-corrected chi connectivity index (χ1v) is 10.5. The summed E-state index contributed by atoms with van der Waals surface area (Å²) in [6.07, 6.45) is 3.88. The zero-order valence-electron chi connectivity index (χ0n) is 16.6. The lowest BCUT2D eigenvalue weighted by Gasteiger charge is -2.26. The molecule has 4 rings (SSSR count). The van der Waals surface area contributed by atoms with Crippen molar-refractivity contribution in [1.82, 2.24) is 15.1 Å². The number of rotatable bonds is 6. The van der Waals surface area contributed by atoms with Crippen molar-refractivity contribution in [3.05, 3.63) is 53.2 Å². The number of halogens is 1. The van der Waals surface area contributed by atoms with Gasteiger partial charge in [0.15, 0.2) is 0 Å². The summed E-state index contributed by atoms with van der Waals surface area (Å²) in [6, 6.07) is 13.0. The highest BCUT2D eigenvalue weighted by atomic mass is 35.5. The average Bonchev–Trinajstić information content (AvgIpc) is 3.11. The molecule has 29 heavy (non-hydrogen) atoms. The molecule has 2 heterocycles. The van der Waals surface area contributed by atoms with Gasteiger partial charge in [0.1, 0.15) is 23.8 Å². The molecule has 1 fully saturated rings. The Morgan fingerprint density at radius 2 is 1.86 bits per heavy atom. The highest BCUT2D eigenvalue weighted by Crippen LogP contribution is 2.38. The molecule has 0 bridgehead atoms. The maximum absolute atomic E-state index is 10.7. The van der Waals surface area contributed by atoms with Gasteiger partial charge in [-0.1, -0.05) is 30.2 Å². The summed E-state index contributed by atoms with van der Waals surface area (Å²) in [5.41, 5.74) is 4.26. The number of aromatic nitrogens is 2. The van der Waals surface area contributed by atoms with E-state index in [2.05, 4.69) is 15.1 Å². The maximum Gasteiger partial charge on any atom is 0.128 e. The third-order valence-electron chi connectivity index (χ3n) is 5.43. The standard InChI is InChI=1S/C23H26ClN3O2/c1-16-22(17-5-7-18(24)8-6-17)23(26-25-16)20-10-9-19(15-21(20)28)29-14-13-27-11-3-2-4-12-27/h5-10,15,28H,2-4,11-14H2,1H3,(H,25,26). The Labute approximate surface area is 176 Å². The smallest absolute Gasteiger partial charge is 0.128 e. The monoisotopic (exact) mass is 411 g/mol. The summed E-state index contributed by atoms with van der Waals surface area (Å²) < 4.78 is 5.87. The van der Waals surface area contributed by atoms with E-state index < -0.39 is 0 Å². The van der Waals surface area contributed by atoms with Crippen molar-refractivity contribution in [2.24, 2.45) is 0 Å². The van der Waals surface area contributed by atoms with Crippen LogP contribution in [-0.4, -0.2) is 46.4 Å². The van der Waals surface area contributed by atoms with Gasteiger partial charge in [0.25, 0.3) is 0 Å². The largest absolute Gasteiger partial charge is 0.507 e. The number of aryl methyl sites for hydroxylation is 1. The van der Waals surface area contributed by atoms with Crippen molar-refractivity contribution in [3.8, 4) is 33.9 Å². The zero-order chi connectivity index (χ0) is 20.2. The Hall–Kier alpha value is -2.50. The maximum atomic E-state index is 10.7. The molecule has 5 nitrogen and oxygen atoms in total. The van der Waals surface area contributed by atoms with E-state index in [4.69, 9.17) is 16.3 Å². The van der Waals surface area contributed by atoms with Gasteiger partial charge in [-0.3, -0.25) is 10.00 Å². The first-order chi connectivity index (χ1) is 14.1. The van der Waals surface area contributed by atoms with Gasteiger partial charge >= 0.3 is 0 Å². The Bertz CT molecular complexity index is 963.